The first-order valence-electron chi connectivity index (χ1n) is 5.80. The first-order valence-corrected chi connectivity index (χ1v) is 6.59. The minimum Gasteiger partial charge on any atom is -0.496 e. The maximum absolute atomic E-state index is 13.8. The van der Waals surface area contributed by atoms with Crippen molar-refractivity contribution in [2.45, 2.75) is 13.0 Å². The highest BCUT2D eigenvalue weighted by Gasteiger charge is 2.16. The minimum atomic E-state index is -1.02. The highest BCUT2D eigenvalue weighted by atomic mass is 79.9. The molecular formula is C15H14BrFO2. The summed E-state index contributed by atoms with van der Waals surface area (Å²) in [6.45, 7) is 1.91. The average Bonchev–Trinajstić information content (AvgIpc) is 2.41. The first kappa shape index (κ1) is 14.0. The predicted molar refractivity (Wildman–Crippen MR) is 75.9 cm³/mol. The van der Waals surface area contributed by atoms with Gasteiger partial charge in [0.1, 0.15) is 17.7 Å². The van der Waals surface area contributed by atoms with Crippen LogP contribution in [0, 0.1) is 12.7 Å². The lowest BCUT2D eigenvalue weighted by atomic mass is 9.99. The zero-order chi connectivity index (χ0) is 14.0. The molecule has 2 nitrogen and oxygen atoms in total. The van der Waals surface area contributed by atoms with Gasteiger partial charge in [0.15, 0.2) is 0 Å². The first-order chi connectivity index (χ1) is 9.02. The van der Waals surface area contributed by atoms with E-state index in [1.54, 1.807) is 31.4 Å². The zero-order valence-electron chi connectivity index (χ0n) is 10.7. The molecule has 0 aromatic heterocycles. The molecule has 0 saturated carbocycles. The van der Waals surface area contributed by atoms with Gasteiger partial charge in [0.25, 0.3) is 0 Å². The Bertz CT molecular complexity index is 599. The molecule has 0 aliphatic carbocycles. The van der Waals surface area contributed by atoms with Gasteiger partial charge in [-0.15, -0.1) is 0 Å². The van der Waals surface area contributed by atoms with Gasteiger partial charge in [-0.2, -0.15) is 0 Å². The van der Waals surface area contributed by atoms with Crippen LogP contribution in [0.2, 0.25) is 0 Å². The summed E-state index contributed by atoms with van der Waals surface area (Å²) >= 11 is 3.27. The van der Waals surface area contributed by atoms with E-state index >= 15 is 0 Å². The van der Waals surface area contributed by atoms with Crippen LogP contribution in [0.4, 0.5) is 4.39 Å². The normalized spacial score (nSPS) is 12.3. The summed E-state index contributed by atoms with van der Waals surface area (Å²) < 4.78 is 19.7. The SMILES string of the molecule is COc1cc(C(O)c2cc(Br)ccc2F)ccc1C. The third-order valence-electron chi connectivity index (χ3n) is 3.00. The van der Waals surface area contributed by atoms with Crippen molar-refractivity contribution in [2.75, 3.05) is 7.11 Å². The van der Waals surface area contributed by atoms with E-state index < -0.39 is 11.9 Å². The van der Waals surface area contributed by atoms with Crippen LogP contribution in [0.25, 0.3) is 0 Å². The third kappa shape index (κ3) is 2.96. The van der Waals surface area contributed by atoms with Gasteiger partial charge in [0, 0.05) is 10.0 Å². The molecule has 0 aliphatic rings. The molecule has 1 N–H and O–H groups in total. The van der Waals surface area contributed by atoms with Crippen LogP contribution in [-0.2, 0) is 0 Å². The second-order valence-electron chi connectivity index (χ2n) is 4.30. The molecule has 0 bridgehead atoms. The second kappa shape index (κ2) is 5.72. The molecule has 0 fully saturated rings. The summed E-state index contributed by atoms with van der Waals surface area (Å²) in [5, 5.41) is 10.3. The molecule has 0 amide bonds. The van der Waals surface area contributed by atoms with Crippen molar-refractivity contribution in [3.05, 3.63) is 63.4 Å². The van der Waals surface area contributed by atoms with Crippen LogP contribution in [0.3, 0.4) is 0 Å². The molecule has 100 valence electrons. The van der Waals surface area contributed by atoms with Gasteiger partial charge >= 0.3 is 0 Å². The fourth-order valence-electron chi connectivity index (χ4n) is 1.91. The van der Waals surface area contributed by atoms with E-state index in [1.165, 1.54) is 6.07 Å². The molecule has 0 aliphatic heterocycles. The van der Waals surface area contributed by atoms with Gasteiger partial charge in [-0.1, -0.05) is 28.1 Å². The second-order valence-corrected chi connectivity index (χ2v) is 5.21. The molecule has 0 heterocycles. The molecule has 1 atom stereocenters. The largest absolute Gasteiger partial charge is 0.496 e. The summed E-state index contributed by atoms with van der Waals surface area (Å²) in [7, 11) is 1.57. The maximum Gasteiger partial charge on any atom is 0.129 e. The molecule has 19 heavy (non-hydrogen) atoms. The molecule has 2 aromatic carbocycles. The molecule has 0 spiro atoms. The van der Waals surface area contributed by atoms with Crippen molar-refractivity contribution in [2.24, 2.45) is 0 Å². The van der Waals surface area contributed by atoms with E-state index in [4.69, 9.17) is 4.74 Å². The highest BCUT2D eigenvalue weighted by molar-refractivity contribution is 9.10. The summed E-state index contributed by atoms with van der Waals surface area (Å²) in [6, 6.07) is 9.83. The number of hydrogen-bond donors (Lipinski definition) is 1. The van der Waals surface area contributed by atoms with E-state index in [0.29, 0.717) is 11.3 Å². The number of methoxy groups -OCH3 is 1. The lowest BCUT2D eigenvalue weighted by Crippen LogP contribution is -2.03. The maximum atomic E-state index is 13.8. The number of hydrogen-bond acceptors (Lipinski definition) is 2. The number of benzene rings is 2. The van der Waals surface area contributed by atoms with Crippen molar-refractivity contribution < 1.29 is 14.2 Å². The topological polar surface area (TPSA) is 29.5 Å². The monoisotopic (exact) mass is 324 g/mol. The van der Waals surface area contributed by atoms with Crippen LogP contribution in [-0.4, -0.2) is 12.2 Å². The van der Waals surface area contributed by atoms with Crippen molar-refractivity contribution >= 4 is 15.9 Å². The Hall–Kier alpha value is -1.39. The quantitative estimate of drug-likeness (QED) is 0.925. The number of aliphatic hydroxyl groups excluding tert-OH is 1. The van der Waals surface area contributed by atoms with Crippen LogP contribution < -0.4 is 4.74 Å². The molecule has 4 heteroatoms. The van der Waals surface area contributed by atoms with Crippen molar-refractivity contribution in [1.82, 2.24) is 0 Å². The third-order valence-corrected chi connectivity index (χ3v) is 3.49. The van der Waals surface area contributed by atoms with Gasteiger partial charge in [-0.3, -0.25) is 0 Å². The Kier molecular flexibility index (Phi) is 4.22. The number of aryl methyl sites for hydroxylation is 1. The van der Waals surface area contributed by atoms with Crippen LogP contribution in [0.15, 0.2) is 40.9 Å². The fourth-order valence-corrected chi connectivity index (χ4v) is 2.29. The van der Waals surface area contributed by atoms with E-state index in [0.717, 1.165) is 10.0 Å². The van der Waals surface area contributed by atoms with Crippen LogP contribution in [0.1, 0.15) is 22.8 Å². The zero-order valence-corrected chi connectivity index (χ0v) is 12.2. The lowest BCUT2D eigenvalue weighted by molar-refractivity contribution is 0.214. The Morgan fingerprint density at radius 3 is 2.63 bits per heavy atom. The van der Waals surface area contributed by atoms with E-state index in [2.05, 4.69) is 15.9 Å². The summed E-state index contributed by atoms with van der Waals surface area (Å²) in [4.78, 5) is 0. The van der Waals surface area contributed by atoms with Gasteiger partial charge < -0.3 is 9.84 Å². The standard InChI is InChI=1S/C15H14BrFO2/c1-9-3-4-10(7-14(9)19-2)15(18)12-8-11(16)5-6-13(12)17/h3-8,15,18H,1-2H3. The van der Waals surface area contributed by atoms with Gasteiger partial charge in [0.2, 0.25) is 0 Å². The molecule has 2 aromatic rings. The predicted octanol–water partition coefficient (Wildman–Crippen LogP) is 3.99. The Balaban J connectivity index is 2.43. The Labute approximate surface area is 120 Å². The van der Waals surface area contributed by atoms with Crippen LogP contribution >= 0.6 is 15.9 Å². The highest BCUT2D eigenvalue weighted by Crippen LogP contribution is 2.30. The van der Waals surface area contributed by atoms with Crippen molar-refractivity contribution in [3.8, 4) is 5.75 Å². The summed E-state index contributed by atoms with van der Waals surface area (Å²) in [5.74, 6) is 0.238. The average molecular weight is 325 g/mol. The van der Waals surface area contributed by atoms with E-state index in [-0.39, 0.29) is 5.56 Å². The van der Waals surface area contributed by atoms with E-state index in [1.807, 2.05) is 13.0 Å². The fraction of sp³-hybridized carbons (Fsp3) is 0.200. The van der Waals surface area contributed by atoms with Gasteiger partial charge in [-0.05, 0) is 42.3 Å². The number of rotatable bonds is 3. The molecule has 0 saturated heterocycles. The van der Waals surface area contributed by atoms with Crippen molar-refractivity contribution in [3.63, 3.8) is 0 Å². The van der Waals surface area contributed by atoms with Crippen LogP contribution in [0.5, 0.6) is 5.75 Å². The lowest BCUT2D eigenvalue weighted by Gasteiger charge is -2.15. The Morgan fingerprint density at radius 2 is 1.95 bits per heavy atom. The molecule has 0 radical (unpaired) electrons. The van der Waals surface area contributed by atoms with Crippen molar-refractivity contribution in [1.29, 1.82) is 0 Å². The minimum absolute atomic E-state index is 0.236. The number of aliphatic hydroxyl groups is 1. The molecular weight excluding hydrogens is 311 g/mol. The Morgan fingerprint density at radius 1 is 1.21 bits per heavy atom. The van der Waals surface area contributed by atoms with Gasteiger partial charge in [-0.25, -0.2) is 4.39 Å². The molecule has 1 unspecified atom stereocenters. The number of halogens is 2. The summed E-state index contributed by atoms with van der Waals surface area (Å²) in [6.07, 6.45) is -1.02. The summed E-state index contributed by atoms with van der Waals surface area (Å²) in [5.41, 5.74) is 1.80. The molecule has 2 rings (SSSR count). The number of ether oxygens (including phenoxy) is 1. The smallest absolute Gasteiger partial charge is 0.129 e. The van der Waals surface area contributed by atoms with E-state index in [9.17, 15) is 9.50 Å². The van der Waals surface area contributed by atoms with Gasteiger partial charge in [0.05, 0.1) is 7.11 Å².